The molecule has 7 heteroatoms. The molecule has 20 heavy (non-hydrogen) atoms. The minimum atomic E-state index is -0.0560. The number of nitrogen functional groups attached to an aromatic ring is 1. The lowest BCUT2D eigenvalue weighted by molar-refractivity contribution is 0.222. The maximum atomic E-state index is 8.74. The molecule has 0 aliphatic heterocycles. The van der Waals surface area contributed by atoms with Crippen LogP contribution in [0.25, 0.3) is 0 Å². The Labute approximate surface area is 116 Å². The van der Waals surface area contributed by atoms with Gasteiger partial charge in [-0.1, -0.05) is 0 Å². The number of nitrogens with one attached hydrogen (secondary N) is 1. The molecule has 7 nitrogen and oxygen atoms in total. The van der Waals surface area contributed by atoms with Crippen LogP contribution in [0.5, 0.6) is 6.01 Å². The van der Waals surface area contributed by atoms with Crippen LogP contribution in [-0.2, 0) is 0 Å². The Morgan fingerprint density at radius 2 is 1.90 bits per heavy atom. The molecule has 102 valence electrons. The molecule has 0 atom stereocenters. The second-order valence-corrected chi connectivity index (χ2v) is 4.28. The Hall–Kier alpha value is -2.88. The first kappa shape index (κ1) is 13.5. The smallest absolute Gasteiger partial charge is 0.323 e. The number of rotatable bonds is 4. The molecular formula is C13H14N6O. The quantitative estimate of drug-likeness (QED) is 0.872. The lowest BCUT2D eigenvalue weighted by atomic mass is 10.2. The van der Waals surface area contributed by atoms with Gasteiger partial charge in [0.15, 0.2) is 0 Å². The van der Waals surface area contributed by atoms with Crippen molar-refractivity contribution in [3.05, 3.63) is 29.8 Å². The minimum absolute atomic E-state index is 0.0560. The molecule has 0 amide bonds. The van der Waals surface area contributed by atoms with Gasteiger partial charge in [-0.25, -0.2) is 0 Å². The second-order valence-electron chi connectivity index (χ2n) is 4.28. The number of benzene rings is 1. The fourth-order valence-electron chi connectivity index (χ4n) is 1.45. The van der Waals surface area contributed by atoms with Crippen LogP contribution < -0.4 is 15.8 Å². The molecule has 1 heterocycles. The first-order chi connectivity index (χ1) is 9.56. The van der Waals surface area contributed by atoms with Crippen LogP contribution in [0.1, 0.15) is 19.4 Å². The molecule has 0 radical (unpaired) electrons. The van der Waals surface area contributed by atoms with Crippen molar-refractivity contribution in [1.82, 2.24) is 15.0 Å². The topological polar surface area (TPSA) is 110 Å². The third-order valence-corrected chi connectivity index (χ3v) is 2.24. The summed E-state index contributed by atoms with van der Waals surface area (Å²) in [5.41, 5.74) is 6.93. The molecule has 0 unspecified atom stereocenters. The third-order valence-electron chi connectivity index (χ3n) is 2.24. The standard InChI is InChI=1S/C13H14N6O/c1-8(2)20-13-18-11(15)17-12(19-13)16-10-5-3-9(7-14)4-6-10/h3-6,8H,1-2H3,(H3,15,16,17,18,19). The van der Waals surface area contributed by atoms with E-state index in [1.807, 2.05) is 19.9 Å². The van der Waals surface area contributed by atoms with Crippen molar-refractivity contribution >= 4 is 17.6 Å². The molecule has 1 aromatic carbocycles. The Morgan fingerprint density at radius 3 is 2.50 bits per heavy atom. The van der Waals surface area contributed by atoms with Gasteiger partial charge in [0.2, 0.25) is 11.9 Å². The van der Waals surface area contributed by atoms with Crippen molar-refractivity contribution in [3.8, 4) is 12.1 Å². The summed E-state index contributed by atoms with van der Waals surface area (Å²) in [6.07, 6.45) is -0.0560. The maximum absolute atomic E-state index is 8.74. The molecule has 0 saturated heterocycles. The number of hydrogen-bond acceptors (Lipinski definition) is 7. The van der Waals surface area contributed by atoms with Crippen LogP contribution in [0.4, 0.5) is 17.6 Å². The predicted molar refractivity (Wildman–Crippen MR) is 74.4 cm³/mol. The van der Waals surface area contributed by atoms with Gasteiger partial charge in [0.25, 0.3) is 0 Å². The second kappa shape index (κ2) is 5.84. The number of nitriles is 1. The summed E-state index contributed by atoms with van der Waals surface area (Å²) < 4.78 is 5.38. The van der Waals surface area contributed by atoms with E-state index in [1.165, 1.54) is 0 Å². The van der Waals surface area contributed by atoms with Crippen molar-refractivity contribution in [2.45, 2.75) is 20.0 Å². The highest BCUT2D eigenvalue weighted by Crippen LogP contribution is 2.16. The molecule has 0 aliphatic rings. The van der Waals surface area contributed by atoms with Crippen LogP contribution in [0.3, 0.4) is 0 Å². The Kier molecular flexibility index (Phi) is 3.96. The minimum Gasteiger partial charge on any atom is -0.461 e. The lowest BCUT2D eigenvalue weighted by Gasteiger charge is -2.10. The molecule has 0 aliphatic carbocycles. The van der Waals surface area contributed by atoms with Gasteiger partial charge in [-0.3, -0.25) is 0 Å². The van der Waals surface area contributed by atoms with Gasteiger partial charge >= 0.3 is 6.01 Å². The van der Waals surface area contributed by atoms with Crippen LogP contribution >= 0.6 is 0 Å². The van der Waals surface area contributed by atoms with E-state index in [0.29, 0.717) is 5.56 Å². The largest absolute Gasteiger partial charge is 0.461 e. The number of aromatic nitrogens is 3. The number of ether oxygens (including phenoxy) is 1. The fraction of sp³-hybridized carbons (Fsp3) is 0.231. The summed E-state index contributed by atoms with van der Waals surface area (Å²) in [5.74, 6) is 0.365. The number of hydrogen-bond donors (Lipinski definition) is 2. The zero-order valence-corrected chi connectivity index (χ0v) is 11.2. The fourth-order valence-corrected chi connectivity index (χ4v) is 1.45. The van der Waals surface area contributed by atoms with Crippen molar-refractivity contribution < 1.29 is 4.74 Å². The molecule has 2 aromatic rings. The molecule has 0 bridgehead atoms. The average Bonchev–Trinajstić information content (AvgIpc) is 2.38. The van der Waals surface area contributed by atoms with Crippen molar-refractivity contribution in [2.75, 3.05) is 11.1 Å². The third kappa shape index (κ3) is 3.55. The van der Waals surface area contributed by atoms with E-state index in [1.54, 1.807) is 24.3 Å². The molecule has 0 spiro atoms. The summed E-state index contributed by atoms with van der Waals surface area (Å²) >= 11 is 0. The predicted octanol–water partition coefficient (Wildman–Crippen LogP) is 1.86. The van der Waals surface area contributed by atoms with Crippen LogP contribution in [-0.4, -0.2) is 21.1 Å². The summed E-state index contributed by atoms with van der Waals surface area (Å²) in [6.45, 7) is 3.74. The Bertz CT molecular complexity index is 632. The molecule has 0 saturated carbocycles. The number of nitrogens with two attached hydrogens (primary N) is 1. The van der Waals surface area contributed by atoms with Gasteiger partial charge in [-0.2, -0.15) is 20.2 Å². The van der Waals surface area contributed by atoms with Crippen molar-refractivity contribution in [3.63, 3.8) is 0 Å². The summed E-state index contributed by atoms with van der Waals surface area (Å²) in [5, 5.41) is 11.7. The van der Waals surface area contributed by atoms with Gasteiger partial charge in [0.05, 0.1) is 17.7 Å². The molecule has 0 fully saturated rings. The highest BCUT2D eigenvalue weighted by molar-refractivity contribution is 5.55. The van der Waals surface area contributed by atoms with Crippen LogP contribution in [0.15, 0.2) is 24.3 Å². The van der Waals surface area contributed by atoms with Gasteiger partial charge in [0.1, 0.15) is 0 Å². The van der Waals surface area contributed by atoms with E-state index in [2.05, 4.69) is 20.3 Å². The maximum Gasteiger partial charge on any atom is 0.323 e. The van der Waals surface area contributed by atoms with Crippen molar-refractivity contribution in [2.24, 2.45) is 0 Å². The highest BCUT2D eigenvalue weighted by Gasteiger charge is 2.07. The Balaban J connectivity index is 2.19. The number of anilines is 3. The monoisotopic (exact) mass is 270 g/mol. The van der Waals surface area contributed by atoms with E-state index in [-0.39, 0.29) is 24.0 Å². The summed E-state index contributed by atoms with van der Waals surface area (Å²) in [6, 6.07) is 9.11. The number of nitrogens with zero attached hydrogens (tertiary/aromatic N) is 4. The highest BCUT2D eigenvalue weighted by atomic mass is 16.5. The molecule has 1 aromatic heterocycles. The van der Waals surface area contributed by atoms with Gasteiger partial charge < -0.3 is 15.8 Å². The zero-order chi connectivity index (χ0) is 14.5. The molecule has 3 N–H and O–H groups in total. The van der Waals surface area contributed by atoms with E-state index < -0.39 is 0 Å². The van der Waals surface area contributed by atoms with E-state index in [4.69, 9.17) is 15.7 Å². The van der Waals surface area contributed by atoms with Crippen LogP contribution in [0, 0.1) is 11.3 Å². The van der Waals surface area contributed by atoms with E-state index in [9.17, 15) is 0 Å². The van der Waals surface area contributed by atoms with E-state index >= 15 is 0 Å². The first-order valence-corrected chi connectivity index (χ1v) is 6.02. The molecule has 2 rings (SSSR count). The zero-order valence-electron chi connectivity index (χ0n) is 11.2. The lowest BCUT2D eigenvalue weighted by Crippen LogP contribution is -2.11. The van der Waals surface area contributed by atoms with Gasteiger partial charge in [-0.05, 0) is 38.1 Å². The molecular weight excluding hydrogens is 256 g/mol. The summed E-state index contributed by atoms with van der Waals surface area (Å²) in [4.78, 5) is 12.0. The Morgan fingerprint density at radius 1 is 1.20 bits per heavy atom. The normalized spacial score (nSPS) is 10.1. The average molecular weight is 270 g/mol. The first-order valence-electron chi connectivity index (χ1n) is 6.02. The van der Waals surface area contributed by atoms with Crippen molar-refractivity contribution in [1.29, 1.82) is 5.26 Å². The van der Waals surface area contributed by atoms with Crippen LogP contribution in [0.2, 0.25) is 0 Å². The summed E-state index contributed by atoms with van der Waals surface area (Å²) in [7, 11) is 0. The SMILES string of the molecule is CC(C)Oc1nc(N)nc(Nc2ccc(C#N)cc2)n1. The van der Waals surface area contributed by atoms with Gasteiger partial charge in [-0.15, -0.1) is 0 Å². The van der Waals surface area contributed by atoms with Gasteiger partial charge in [0, 0.05) is 5.69 Å². The van der Waals surface area contributed by atoms with E-state index in [0.717, 1.165) is 5.69 Å².